The third-order valence-corrected chi connectivity index (χ3v) is 15.8. The Morgan fingerprint density at radius 2 is 0.363 bits per heavy atom. The molecule has 9 aromatic rings. The lowest BCUT2D eigenvalue weighted by atomic mass is 9.97. The number of aromatic amines is 2. The highest BCUT2D eigenvalue weighted by Crippen LogP contribution is 2.48. The molecule has 0 saturated carbocycles. The summed E-state index contributed by atoms with van der Waals surface area (Å²) in [6.07, 6.45) is 2.33. The highest BCUT2D eigenvalue weighted by molar-refractivity contribution is 6.05. The van der Waals surface area contributed by atoms with Gasteiger partial charge in [0, 0.05) is 67.2 Å². The van der Waals surface area contributed by atoms with E-state index in [4.69, 9.17) is 0 Å². The second-order valence-electron chi connectivity index (χ2n) is 21.4. The topological polar surface area (TPSA) is 82.6 Å². The van der Waals surface area contributed by atoms with Crippen LogP contribution in [0.4, 0.5) is 137 Å². The van der Waals surface area contributed by atoms with E-state index in [1.165, 1.54) is 0 Å². The fraction of sp³-hybridized carbons (Fsp3) is 0. The van der Waals surface area contributed by atoms with Crippen LogP contribution in [-0.2, 0) is 0 Å². The van der Waals surface area contributed by atoms with Gasteiger partial charge in [0.2, 0.25) is 34.9 Å². The van der Waals surface area contributed by atoms with Gasteiger partial charge < -0.3 is 9.97 Å². The van der Waals surface area contributed by atoms with Crippen molar-refractivity contribution in [1.82, 2.24) is 24.9 Å². The standard InChI is InChI=1S/C66H14F30N6/c67-37-31(38(68)50(80)61(91)49(37)79)25-13-11-24(97-12-13)30(36-47(77)59(89)66(96)60(90)48(36)78)23-10-9-22(102-23)29(35-45(75)57(87)65(95)58(88)46(35)76)21-8-7-20(101-21)28(34-43(73)55(85)64(94)56(86)44(34)74)19-6-5-18(100-19)27(33-41(71)53(83)63(93)54(84)42(33)72)17-4-3-16(99-17)26(15-2-1-14(25)98-15)32-39(69)51(81)62(92)52(82)40(32)70/h1-12,99,102H. The Morgan fingerprint density at radius 1 is 0.186 bits per heavy atom. The zero-order valence-corrected chi connectivity index (χ0v) is 48.1. The normalized spacial score (nSPS) is 12.5. The van der Waals surface area contributed by atoms with Crippen molar-refractivity contribution in [1.29, 1.82) is 0 Å². The number of fused-ring (bicyclic) bond motifs is 12. The third kappa shape index (κ3) is 10.0. The third-order valence-electron chi connectivity index (χ3n) is 15.8. The summed E-state index contributed by atoms with van der Waals surface area (Å²) in [6, 6.07) is 1.77. The lowest BCUT2D eigenvalue weighted by Gasteiger charge is -2.12. The zero-order chi connectivity index (χ0) is 73.9. The predicted molar refractivity (Wildman–Crippen MR) is 299 cm³/mol. The van der Waals surface area contributed by atoms with Gasteiger partial charge in [-0.15, -0.1) is 0 Å². The average Bonchev–Trinajstić information content (AvgIpc) is 1.49. The van der Waals surface area contributed by atoms with E-state index < -0.39 is 309 Å². The molecule has 6 aromatic carbocycles. The molecule has 6 nitrogen and oxygen atoms in total. The highest BCUT2D eigenvalue weighted by Gasteiger charge is 2.38. The lowest BCUT2D eigenvalue weighted by molar-refractivity contribution is 0.381. The van der Waals surface area contributed by atoms with E-state index >= 15 is 105 Å². The molecule has 0 amide bonds. The molecule has 4 aliphatic heterocycles. The highest BCUT2D eigenvalue weighted by atomic mass is 19.2. The van der Waals surface area contributed by atoms with Gasteiger partial charge in [-0.1, -0.05) is 0 Å². The van der Waals surface area contributed by atoms with Gasteiger partial charge in [-0.25, -0.2) is 147 Å². The van der Waals surface area contributed by atoms with Gasteiger partial charge in [-0.2, -0.15) is 0 Å². The van der Waals surface area contributed by atoms with Crippen molar-refractivity contribution in [3.05, 3.63) is 245 Å². The van der Waals surface area contributed by atoms with Crippen LogP contribution in [0.15, 0.2) is 35.3 Å². The van der Waals surface area contributed by atoms with Gasteiger partial charge in [0.1, 0.15) is 0 Å². The first-order valence-electron chi connectivity index (χ1n) is 27.4. The van der Waals surface area contributed by atoms with Crippen LogP contribution >= 0.6 is 0 Å². The van der Waals surface area contributed by atoms with Gasteiger partial charge >= 0.3 is 0 Å². The molecule has 0 unspecified atom stereocenters. The molecule has 12 bridgehead atoms. The molecule has 4 aliphatic rings. The number of halogens is 30. The molecule has 102 heavy (non-hydrogen) atoms. The first-order valence-corrected chi connectivity index (χ1v) is 27.4. The summed E-state index contributed by atoms with van der Waals surface area (Å²) in [4.78, 5) is 19.6. The second-order valence-corrected chi connectivity index (χ2v) is 21.4. The summed E-state index contributed by atoms with van der Waals surface area (Å²) in [6.45, 7) is 0. The minimum absolute atomic E-state index is 0.209. The monoisotopic (exact) mass is 1460 g/mol. The van der Waals surface area contributed by atoms with Gasteiger partial charge in [0.05, 0.1) is 73.2 Å². The molecule has 13 rings (SSSR count). The largest absolute Gasteiger partial charge is 0.354 e. The Balaban J connectivity index is 1.34. The van der Waals surface area contributed by atoms with Gasteiger partial charge in [0.25, 0.3) is 0 Å². The summed E-state index contributed by atoms with van der Waals surface area (Å²) in [5.41, 5.74) is -38.7. The molecular formula is C66H14F30N6. The van der Waals surface area contributed by atoms with E-state index in [0.717, 1.165) is 0 Å². The number of aromatic nitrogens is 5. The van der Waals surface area contributed by atoms with E-state index in [9.17, 15) is 26.3 Å². The fourth-order valence-electron chi connectivity index (χ4n) is 11.3. The summed E-state index contributed by atoms with van der Waals surface area (Å²) in [7, 11) is 0. The van der Waals surface area contributed by atoms with E-state index in [1.54, 1.807) is 0 Å². The van der Waals surface area contributed by atoms with Crippen molar-refractivity contribution in [2.75, 3.05) is 0 Å². The maximum atomic E-state index is 16.4. The molecule has 0 saturated heterocycles. The molecule has 518 valence electrons. The zero-order valence-electron chi connectivity index (χ0n) is 48.1. The number of hydrogen-bond donors (Lipinski definition) is 2. The maximum absolute atomic E-state index is 16.4. The Hall–Kier alpha value is -11.9. The molecule has 0 radical (unpaired) electrons. The van der Waals surface area contributed by atoms with Crippen LogP contribution < -0.4 is 0 Å². The molecule has 0 fully saturated rings. The number of nitrogens with one attached hydrogen (secondary N) is 2. The Morgan fingerprint density at radius 3 is 0.608 bits per heavy atom. The van der Waals surface area contributed by atoms with Gasteiger partial charge in [0.15, 0.2) is 140 Å². The average molecular weight is 1460 g/mol. The van der Waals surface area contributed by atoms with E-state index in [0.29, 0.717) is 60.7 Å². The Labute approximate surface area is 542 Å². The van der Waals surface area contributed by atoms with Crippen molar-refractivity contribution in [3.8, 4) is 66.8 Å². The molecule has 36 heteroatoms. The molecule has 7 heterocycles. The summed E-state index contributed by atoms with van der Waals surface area (Å²) >= 11 is 0. The first kappa shape index (κ1) is 68.6. The summed E-state index contributed by atoms with van der Waals surface area (Å²) in [5.74, 6) is -86.1. The van der Waals surface area contributed by atoms with Crippen molar-refractivity contribution < 1.29 is 132 Å². The summed E-state index contributed by atoms with van der Waals surface area (Å²) < 4.78 is 472. The smallest absolute Gasteiger partial charge is 0.200 e. The minimum atomic E-state index is -2.93. The molecule has 2 N–H and O–H groups in total. The van der Waals surface area contributed by atoms with Crippen LogP contribution in [0.1, 0.15) is 39.7 Å². The number of nitrogens with zero attached hydrogens (tertiary/aromatic N) is 4. The van der Waals surface area contributed by atoms with Crippen LogP contribution in [0.2, 0.25) is 0 Å². The molecular weight excluding hydrogens is 1450 g/mol. The molecule has 0 aliphatic carbocycles. The van der Waals surface area contributed by atoms with Crippen LogP contribution in [-0.4, -0.2) is 31.1 Å². The number of benzene rings is 6. The SMILES string of the molecule is Fc1c(F)c(F)c(-c2c3cc(c(-c4c(F)c(F)c(F)c(F)c4F)c4ccc([nH]4)c(-c4c(F)c(F)c(F)c(F)c4F)c4nc(c(-c5c(F)c(F)c(F)c(F)c5F)c5nc(c(-c6c(F)c(F)c(F)c(F)c6F)c6ccc([nH]6)c(-c6c(F)c(F)c(F)c(F)c6F)c6nc2C=C6)C=C5)C=C4)N=C3)c(F)c1F. The Bertz CT molecular complexity index is 5100. The number of H-pyrrole nitrogens is 2. The number of aliphatic imine (C=N–C) groups is 1. The molecule has 3 aromatic heterocycles. The van der Waals surface area contributed by atoms with Crippen molar-refractivity contribution in [3.63, 3.8) is 0 Å². The van der Waals surface area contributed by atoms with Crippen molar-refractivity contribution >= 4 is 70.4 Å². The van der Waals surface area contributed by atoms with Crippen LogP contribution in [0, 0.1) is 175 Å². The lowest BCUT2D eigenvalue weighted by Crippen LogP contribution is -2.06. The molecule has 0 spiro atoms. The van der Waals surface area contributed by atoms with E-state index in [-0.39, 0.29) is 12.3 Å². The van der Waals surface area contributed by atoms with E-state index in [1.807, 2.05) is 0 Å². The maximum Gasteiger partial charge on any atom is 0.200 e. The van der Waals surface area contributed by atoms with Crippen LogP contribution in [0.5, 0.6) is 0 Å². The van der Waals surface area contributed by atoms with Crippen molar-refractivity contribution in [2.24, 2.45) is 4.99 Å². The first-order chi connectivity index (χ1) is 48.1. The number of hydrogen-bond acceptors (Lipinski definition) is 4. The van der Waals surface area contributed by atoms with Gasteiger partial charge in [-0.05, 0) is 66.8 Å². The van der Waals surface area contributed by atoms with Crippen LogP contribution in [0.25, 0.3) is 125 Å². The quantitative estimate of drug-likeness (QED) is 0.0989. The Kier molecular flexibility index (Phi) is 16.5. The van der Waals surface area contributed by atoms with Crippen LogP contribution in [0.3, 0.4) is 0 Å². The number of rotatable bonds is 6. The second kappa shape index (κ2) is 24.5. The van der Waals surface area contributed by atoms with Gasteiger partial charge in [-0.3, -0.25) is 4.99 Å². The van der Waals surface area contributed by atoms with E-state index in [2.05, 4.69) is 29.9 Å². The molecule has 0 atom stereocenters. The minimum Gasteiger partial charge on any atom is -0.354 e. The fourth-order valence-corrected chi connectivity index (χ4v) is 11.3. The van der Waals surface area contributed by atoms with Crippen molar-refractivity contribution in [2.45, 2.75) is 0 Å². The predicted octanol–water partition coefficient (Wildman–Crippen LogP) is 21.0. The summed E-state index contributed by atoms with van der Waals surface area (Å²) in [5, 5.41) is 0.